The van der Waals surface area contributed by atoms with Crippen molar-refractivity contribution in [1.82, 2.24) is 5.32 Å². The fourth-order valence-corrected chi connectivity index (χ4v) is 5.91. The van der Waals surface area contributed by atoms with Gasteiger partial charge in [0, 0.05) is 6.07 Å². The smallest absolute Gasteiger partial charge is 0.264 e. The first-order chi connectivity index (χ1) is 17.2. The van der Waals surface area contributed by atoms with Crippen molar-refractivity contribution >= 4 is 21.6 Å². The predicted octanol–water partition coefficient (Wildman–Crippen LogP) is 4.57. The van der Waals surface area contributed by atoms with Crippen molar-refractivity contribution in [3.8, 4) is 11.5 Å². The minimum Gasteiger partial charge on any atom is -0.493 e. The third-order valence-corrected chi connectivity index (χ3v) is 8.34. The summed E-state index contributed by atoms with van der Waals surface area (Å²) in [6.07, 6.45) is 3.29. The molecule has 0 spiro atoms. The Bertz CT molecular complexity index is 1350. The molecule has 1 atom stereocenters. The summed E-state index contributed by atoms with van der Waals surface area (Å²) in [5.41, 5.74) is 4.92. The molecule has 1 amide bonds. The highest BCUT2D eigenvalue weighted by Crippen LogP contribution is 2.34. The lowest BCUT2D eigenvalue weighted by atomic mass is 10.0. The van der Waals surface area contributed by atoms with E-state index < -0.39 is 15.9 Å². The van der Waals surface area contributed by atoms with Crippen molar-refractivity contribution < 1.29 is 22.7 Å². The first kappa shape index (κ1) is 25.6. The van der Waals surface area contributed by atoms with Crippen LogP contribution in [-0.4, -0.2) is 35.1 Å². The van der Waals surface area contributed by atoms with E-state index in [1.54, 1.807) is 42.5 Å². The number of sulfonamides is 1. The van der Waals surface area contributed by atoms with Crippen LogP contribution >= 0.6 is 0 Å². The van der Waals surface area contributed by atoms with Crippen LogP contribution < -0.4 is 19.1 Å². The van der Waals surface area contributed by atoms with Crippen LogP contribution in [0.25, 0.3) is 0 Å². The highest BCUT2D eigenvalue weighted by Gasteiger charge is 2.28. The van der Waals surface area contributed by atoms with Crippen molar-refractivity contribution in [2.24, 2.45) is 0 Å². The van der Waals surface area contributed by atoms with Crippen molar-refractivity contribution in [2.45, 2.75) is 44.0 Å². The number of carbonyl (C=O) groups excluding carboxylic acids is 1. The largest absolute Gasteiger partial charge is 0.493 e. The van der Waals surface area contributed by atoms with Gasteiger partial charge in [-0.05, 0) is 74.1 Å². The number of methoxy groups -OCH3 is 2. The molecule has 0 saturated heterocycles. The number of rotatable bonds is 9. The Hall–Kier alpha value is -3.52. The van der Waals surface area contributed by atoms with E-state index in [1.165, 1.54) is 25.3 Å². The molecule has 36 heavy (non-hydrogen) atoms. The van der Waals surface area contributed by atoms with Crippen LogP contribution in [-0.2, 0) is 27.7 Å². The molecule has 1 aliphatic carbocycles. The Labute approximate surface area is 213 Å². The van der Waals surface area contributed by atoms with Gasteiger partial charge in [0.25, 0.3) is 10.0 Å². The highest BCUT2D eigenvalue weighted by atomic mass is 32.2. The summed E-state index contributed by atoms with van der Waals surface area (Å²) < 4.78 is 39.2. The summed E-state index contributed by atoms with van der Waals surface area (Å²) in [5, 5.41) is 2.97. The number of aryl methyl sites for hydroxylation is 3. The summed E-state index contributed by atoms with van der Waals surface area (Å²) in [7, 11) is -1.06. The van der Waals surface area contributed by atoms with Gasteiger partial charge in [-0.3, -0.25) is 9.10 Å². The second-order valence-electron chi connectivity index (χ2n) is 9.03. The molecule has 0 unspecified atom stereocenters. The second-order valence-corrected chi connectivity index (χ2v) is 10.9. The van der Waals surface area contributed by atoms with Gasteiger partial charge in [-0.2, -0.15) is 0 Å². The lowest BCUT2D eigenvalue weighted by Crippen LogP contribution is -2.41. The van der Waals surface area contributed by atoms with Crippen LogP contribution in [0, 0.1) is 6.92 Å². The lowest BCUT2D eigenvalue weighted by Gasteiger charge is -2.26. The standard InChI is InChI=1S/C28H32N2O5S/c1-19-8-13-25(14-9-19)36(32,33)30(24-12-15-26(34-3)27(17-24)35-4)18-28(31)29-20(2)22-11-10-21-6-5-7-23(21)16-22/h8-17,20H,5-7,18H2,1-4H3,(H,29,31)/t20-/m0/s1. The molecule has 0 heterocycles. The number of carbonyl (C=O) groups is 1. The number of benzene rings is 3. The molecule has 4 rings (SSSR count). The van der Waals surface area contributed by atoms with E-state index >= 15 is 0 Å². The molecule has 3 aromatic rings. The SMILES string of the molecule is COc1ccc(N(CC(=O)N[C@@H](C)c2ccc3c(c2)CCC3)S(=O)(=O)c2ccc(C)cc2)cc1OC. The number of fused-ring (bicyclic) bond motifs is 1. The maximum absolute atomic E-state index is 13.7. The Morgan fingerprint density at radius 3 is 2.33 bits per heavy atom. The summed E-state index contributed by atoms with van der Waals surface area (Å²) >= 11 is 0. The van der Waals surface area contributed by atoms with E-state index in [1.807, 2.05) is 19.9 Å². The van der Waals surface area contributed by atoms with Crippen LogP contribution in [0.2, 0.25) is 0 Å². The summed E-state index contributed by atoms with van der Waals surface area (Å²) in [4.78, 5) is 13.3. The Morgan fingerprint density at radius 2 is 1.64 bits per heavy atom. The van der Waals surface area contributed by atoms with E-state index in [0.717, 1.165) is 34.7 Å². The van der Waals surface area contributed by atoms with E-state index in [2.05, 4.69) is 17.4 Å². The zero-order valence-electron chi connectivity index (χ0n) is 21.1. The average molecular weight is 509 g/mol. The molecule has 0 fully saturated rings. The summed E-state index contributed by atoms with van der Waals surface area (Å²) in [5.74, 6) is 0.420. The molecular formula is C28H32N2O5S. The fraction of sp³-hybridized carbons (Fsp3) is 0.321. The van der Waals surface area contributed by atoms with Crippen molar-refractivity contribution in [3.63, 3.8) is 0 Å². The van der Waals surface area contributed by atoms with E-state index in [9.17, 15) is 13.2 Å². The van der Waals surface area contributed by atoms with E-state index in [4.69, 9.17) is 9.47 Å². The van der Waals surface area contributed by atoms with Crippen LogP contribution in [0.3, 0.4) is 0 Å². The van der Waals surface area contributed by atoms with Gasteiger partial charge in [-0.15, -0.1) is 0 Å². The lowest BCUT2D eigenvalue weighted by molar-refractivity contribution is -0.120. The number of amides is 1. The normalized spacial score (nSPS) is 13.6. The number of hydrogen-bond acceptors (Lipinski definition) is 5. The molecule has 0 aliphatic heterocycles. The van der Waals surface area contributed by atoms with Crippen LogP contribution in [0.15, 0.2) is 65.6 Å². The Morgan fingerprint density at radius 1 is 0.944 bits per heavy atom. The Balaban J connectivity index is 1.63. The summed E-state index contributed by atoms with van der Waals surface area (Å²) in [6, 6.07) is 17.4. The van der Waals surface area contributed by atoms with Gasteiger partial charge in [0.1, 0.15) is 6.54 Å². The second kappa shape index (κ2) is 10.6. The van der Waals surface area contributed by atoms with E-state index in [-0.39, 0.29) is 17.5 Å². The monoisotopic (exact) mass is 508 g/mol. The molecular weight excluding hydrogens is 476 g/mol. The van der Waals surface area contributed by atoms with Crippen LogP contribution in [0.5, 0.6) is 11.5 Å². The number of hydrogen-bond donors (Lipinski definition) is 1. The van der Waals surface area contributed by atoms with Gasteiger partial charge in [-0.1, -0.05) is 35.9 Å². The van der Waals surface area contributed by atoms with Gasteiger partial charge in [0.2, 0.25) is 5.91 Å². The predicted molar refractivity (Wildman–Crippen MR) is 140 cm³/mol. The summed E-state index contributed by atoms with van der Waals surface area (Å²) in [6.45, 7) is 3.40. The van der Waals surface area contributed by atoms with Gasteiger partial charge in [0.05, 0.1) is 30.8 Å². The molecule has 0 aromatic heterocycles. The number of nitrogens with zero attached hydrogens (tertiary/aromatic N) is 1. The van der Waals surface area contributed by atoms with Crippen LogP contribution in [0.4, 0.5) is 5.69 Å². The number of nitrogens with one attached hydrogen (secondary N) is 1. The topological polar surface area (TPSA) is 84.9 Å². The molecule has 0 saturated carbocycles. The zero-order chi connectivity index (χ0) is 25.9. The maximum atomic E-state index is 13.7. The van der Waals surface area contributed by atoms with Crippen molar-refractivity contribution in [2.75, 3.05) is 25.1 Å². The molecule has 7 nitrogen and oxygen atoms in total. The van der Waals surface area contributed by atoms with E-state index in [0.29, 0.717) is 17.2 Å². The molecule has 190 valence electrons. The number of anilines is 1. The third-order valence-electron chi connectivity index (χ3n) is 6.55. The first-order valence-corrected chi connectivity index (χ1v) is 13.4. The van der Waals surface area contributed by atoms with Gasteiger partial charge >= 0.3 is 0 Å². The molecule has 0 radical (unpaired) electrons. The first-order valence-electron chi connectivity index (χ1n) is 12.0. The molecule has 3 aromatic carbocycles. The minimum atomic E-state index is -4.04. The zero-order valence-corrected chi connectivity index (χ0v) is 21.9. The maximum Gasteiger partial charge on any atom is 0.264 e. The minimum absolute atomic E-state index is 0.0994. The van der Waals surface area contributed by atoms with Gasteiger partial charge in [0.15, 0.2) is 11.5 Å². The fourth-order valence-electron chi connectivity index (χ4n) is 4.49. The van der Waals surface area contributed by atoms with Gasteiger partial charge < -0.3 is 14.8 Å². The average Bonchev–Trinajstić information content (AvgIpc) is 3.35. The quantitative estimate of drug-likeness (QED) is 0.458. The van der Waals surface area contributed by atoms with Gasteiger partial charge in [-0.25, -0.2) is 8.42 Å². The number of ether oxygens (including phenoxy) is 2. The van der Waals surface area contributed by atoms with Crippen LogP contribution in [0.1, 0.15) is 41.6 Å². The molecule has 0 bridgehead atoms. The molecule has 8 heteroatoms. The molecule has 1 N–H and O–H groups in total. The van der Waals surface area contributed by atoms with Crippen molar-refractivity contribution in [1.29, 1.82) is 0 Å². The third kappa shape index (κ3) is 5.33. The van der Waals surface area contributed by atoms with Crippen molar-refractivity contribution in [3.05, 3.63) is 82.9 Å². The highest BCUT2D eigenvalue weighted by molar-refractivity contribution is 7.92. The Kier molecular flexibility index (Phi) is 7.54. The molecule has 1 aliphatic rings.